The lowest BCUT2D eigenvalue weighted by molar-refractivity contribution is 0.980. The highest BCUT2D eigenvalue weighted by Gasteiger charge is 2.12. The summed E-state index contributed by atoms with van der Waals surface area (Å²) in [5.74, 6) is 0.573. The van der Waals surface area contributed by atoms with Gasteiger partial charge in [-0.1, -0.05) is 11.6 Å². The first-order chi connectivity index (χ1) is 14.0. The molecule has 0 saturated carbocycles. The molecule has 0 fully saturated rings. The number of nitriles is 2. The fraction of sp³-hybridized carbons (Fsp3) is 0.105. The zero-order valence-corrected chi connectivity index (χ0v) is 18.7. The number of hydrogen-bond acceptors (Lipinski definition) is 7. The molecule has 0 unspecified atom stereocenters. The molecular formula is C19H12Br2ClN7. The Bertz CT molecular complexity index is 1100. The van der Waals surface area contributed by atoms with Crippen LogP contribution in [0, 0.1) is 22.7 Å². The molecule has 1 heterocycles. The first-order valence-corrected chi connectivity index (χ1v) is 10.3. The molecule has 3 rings (SSSR count). The standard InChI is InChI=1S/C19H12Br2ClN7/c20-14-8-12(2-1-7-23)9-15(21)16(14)26-19-27-18(17(22)28-29-19)25-13-5-3-11(10-24)4-6-13/h3-6,8-9H,1-2H2,(H2,25,26,27,29). The Kier molecular flexibility index (Phi) is 6.99. The molecule has 0 aliphatic carbocycles. The number of nitrogens with zero attached hydrogens (tertiary/aromatic N) is 5. The van der Waals surface area contributed by atoms with E-state index in [1.165, 1.54) is 0 Å². The summed E-state index contributed by atoms with van der Waals surface area (Å²) in [5.41, 5.74) is 3.01. The SMILES string of the molecule is N#CCCc1cc(Br)c(Nc2nnc(Cl)c(Nc3ccc(C#N)cc3)n2)c(Br)c1. The van der Waals surface area contributed by atoms with E-state index >= 15 is 0 Å². The number of halogens is 3. The van der Waals surface area contributed by atoms with Crippen LogP contribution in [0.1, 0.15) is 17.5 Å². The maximum atomic E-state index is 8.89. The Morgan fingerprint density at radius 2 is 1.69 bits per heavy atom. The van der Waals surface area contributed by atoms with Crippen LogP contribution in [0.3, 0.4) is 0 Å². The van der Waals surface area contributed by atoms with E-state index in [0.29, 0.717) is 29.9 Å². The molecule has 0 aliphatic heterocycles. The van der Waals surface area contributed by atoms with Gasteiger partial charge in [0.15, 0.2) is 11.0 Å². The lowest BCUT2D eigenvalue weighted by Gasteiger charge is -2.13. The van der Waals surface area contributed by atoms with Gasteiger partial charge in [0.05, 0.1) is 23.4 Å². The minimum Gasteiger partial charge on any atom is -0.337 e. The predicted molar refractivity (Wildman–Crippen MR) is 118 cm³/mol. The van der Waals surface area contributed by atoms with Gasteiger partial charge in [-0.2, -0.15) is 15.5 Å². The van der Waals surface area contributed by atoms with E-state index in [2.05, 4.69) is 69.8 Å². The van der Waals surface area contributed by atoms with E-state index in [4.69, 9.17) is 22.1 Å². The van der Waals surface area contributed by atoms with Crippen molar-refractivity contribution in [2.45, 2.75) is 12.8 Å². The van der Waals surface area contributed by atoms with Gasteiger partial charge >= 0.3 is 0 Å². The van der Waals surface area contributed by atoms with E-state index < -0.39 is 0 Å². The van der Waals surface area contributed by atoms with Gasteiger partial charge < -0.3 is 10.6 Å². The zero-order valence-electron chi connectivity index (χ0n) is 14.7. The number of aromatic nitrogens is 3. The average Bonchev–Trinajstić information content (AvgIpc) is 2.72. The van der Waals surface area contributed by atoms with Gasteiger partial charge in [0.2, 0.25) is 5.95 Å². The minimum atomic E-state index is 0.116. The molecule has 0 saturated heterocycles. The van der Waals surface area contributed by atoms with Gasteiger partial charge in [0, 0.05) is 21.1 Å². The Labute approximate surface area is 189 Å². The summed E-state index contributed by atoms with van der Waals surface area (Å²) in [7, 11) is 0. The summed E-state index contributed by atoms with van der Waals surface area (Å²) < 4.78 is 1.58. The second kappa shape index (κ2) is 9.66. The van der Waals surface area contributed by atoms with Gasteiger partial charge in [0.1, 0.15) is 0 Å². The van der Waals surface area contributed by atoms with Crippen molar-refractivity contribution >= 4 is 66.6 Å². The molecule has 7 nitrogen and oxygen atoms in total. The van der Waals surface area contributed by atoms with Crippen LogP contribution in [0.25, 0.3) is 0 Å². The topological polar surface area (TPSA) is 110 Å². The summed E-state index contributed by atoms with van der Waals surface area (Å²) in [6.45, 7) is 0. The molecule has 0 atom stereocenters. The van der Waals surface area contributed by atoms with Crippen LogP contribution in [0.4, 0.5) is 23.1 Å². The maximum Gasteiger partial charge on any atom is 0.249 e. The fourth-order valence-corrected chi connectivity index (χ4v) is 4.02. The predicted octanol–water partition coefficient (Wildman–Crippen LogP) is 5.87. The highest BCUT2D eigenvalue weighted by molar-refractivity contribution is 9.11. The molecule has 10 heteroatoms. The van der Waals surface area contributed by atoms with Gasteiger partial charge in [-0.3, -0.25) is 0 Å². The van der Waals surface area contributed by atoms with Crippen molar-refractivity contribution in [2.24, 2.45) is 0 Å². The Hall–Kier alpha value is -2.72. The second-order valence-electron chi connectivity index (χ2n) is 5.81. The number of rotatable bonds is 6. The van der Waals surface area contributed by atoms with Crippen molar-refractivity contribution in [3.05, 3.63) is 61.6 Å². The summed E-state index contributed by atoms with van der Waals surface area (Å²) in [6.07, 6.45) is 1.10. The third kappa shape index (κ3) is 5.42. The molecule has 2 N–H and O–H groups in total. The van der Waals surface area contributed by atoms with Crippen molar-refractivity contribution < 1.29 is 0 Å². The van der Waals surface area contributed by atoms with Crippen molar-refractivity contribution in [2.75, 3.05) is 10.6 Å². The third-order valence-electron chi connectivity index (χ3n) is 3.79. The summed E-state index contributed by atoms with van der Waals surface area (Å²) in [4.78, 5) is 4.38. The molecule has 0 aliphatic rings. The van der Waals surface area contributed by atoms with Crippen LogP contribution in [0.15, 0.2) is 45.3 Å². The third-order valence-corrected chi connectivity index (χ3v) is 5.29. The number of hydrogen-bond donors (Lipinski definition) is 2. The molecule has 3 aromatic rings. The lowest BCUT2D eigenvalue weighted by atomic mass is 10.1. The van der Waals surface area contributed by atoms with E-state index in [0.717, 1.165) is 20.2 Å². The Morgan fingerprint density at radius 1 is 1.00 bits per heavy atom. The normalized spacial score (nSPS) is 10.1. The average molecular weight is 534 g/mol. The van der Waals surface area contributed by atoms with Crippen LogP contribution in [-0.2, 0) is 6.42 Å². The van der Waals surface area contributed by atoms with Crippen molar-refractivity contribution in [3.63, 3.8) is 0 Å². The minimum absolute atomic E-state index is 0.116. The zero-order chi connectivity index (χ0) is 20.8. The van der Waals surface area contributed by atoms with Gasteiger partial charge in [-0.15, -0.1) is 10.2 Å². The van der Waals surface area contributed by atoms with Crippen molar-refractivity contribution in [1.82, 2.24) is 15.2 Å². The number of nitrogens with one attached hydrogen (secondary N) is 2. The highest BCUT2D eigenvalue weighted by Crippen LogP contribution is 2.35. The largest absolute Gasteiger partial charge is 0.337 e. The van der Waals surface area contributed by atoms with Crippen LogP contribution in [0.5, 0.6) is 0 Å². The fourth-order valence-electron chi connectivity index (χ4n) is 2.41. The monoisotopic (exact) mass is 531 g/mol. The van der Waals surface area contributed by atoms with Crippen LogP contribution in [-0.4, -0.2) is 15.2 Å². The molecule has 0 radical (unpaired) electrons. The van der Waals surface area contributed by atoms with E-state index in [-0.39, 0.29) is 11.1 Å². The highest BCUT2D eigenvalue weighted by atomic mass is 79.9. The smallest absolute Gasteiger partial charge is 0.249 e. The van der Waals surface area contributed by atoms with Crippen LogP contribution < -0.4 is 10.6 Å². The summed E-state index contributed by atoms with van der Waals surface area (Å²) in [6, 6.07) is 14.9. The number of benzene rings is 2. The number of anilines is 4. The maximum absolute atomic E-state index is 8.89. The molecule has 0 spiro atoms. The van der Waals surface area contributed by atoms with E-state index in [9.17, 15) is 0 Å². The first kappa shape index (κ1) is 21.0. The lowest BCUT2D eigenvalue weighted by Crippen LogP contribution is -2.05. The molecule has 0 amide bonds. The summed E-state index contributed by atoms with van der Waals surface area (Å²) in [5, 5.41) is 31.9. The molecule has 1 aromatic heterocycles. The van der Waals surface area contributed by atoms with Crippen LogP contribution in [0.2, 0.25) is 5.15 Å². The van der Waals surface area contributed by atoms with Gasteiger partial charge in [0.25, 0.3) is 0 Å². The van der Waals surface area contributed by atoms with Gasteiger partial charge in [-0.25, -0.2) is 0 Å². The molecule has 144 valence electrons. The van der Waals surface area contributed by atoms with Crippen LogP contribution >= 0.6 is 43.5 Å². The van der Waals surface area contributed by atoms with Crippen molar-refractivity contribution in [3.8, 4) is 12.1 Å². The first-order valence-electron chi connectivity index (χ1n) is 8.29. The van der Waals surface area contributed by atoms with Gasteiger partial charge in [-0.05, 0) is 80.2 Å². The summed E-state index contributed by atoms with van der Waals surface area (Å²) >= 11 is 13.2. The molecular weight excluding hydrogens is 522 g/mol. The van der Waals surface area contributed by atoms with Crippen molar-refractivity contribution in [1.29, 1.82) is 10.5 Å². The second-order valence-corrected chi connectivity index (χ2v) is 7.87. The Morgan fingerprint density at radius 3 is 2.31 bits per heavy atom. The molecule has 29 heavy (non-hydrogen) atoms. The molecule has 0 bridgehead atoms. The van der Waals surface area contributed by atoms with E-state index in [1.54, 1.807) is 24.3 Å². The number of aryl methyl sites for hydroxylation is 1. The quantitative estimate of drug-likeness (QED) is 0.408. The molecule has 2 aromatic carbocycles. The van der Waals surface area contributed by atoms with E-state index in [1.807, 2.05) is 12.1 Å². The Balaban J connectivity index is 1.83.